The number of aromatic nitrogens is 2. The van der Waals surface area contributed by atoms with Crippen molar-refractivity contribution < 1.29 is 0 Å². The number of aromatic amines is 1. The molecule has 0 atom stereocenters. The zero-order valence-electron chi connectivity index (χ0n) is 8.61. The highest BCUT2D eigenvalue weighted by atomic mass is 32.1. The zero-order valence-corrected chi connectivity index (χ0v) is 9.42. The van der Waals surface area contributed by atoms with Gasteiger partial charge in [-0.15, -0.1) is 5.10 Å². The highest BCUT2D eigenvalue weighted by Gasteiger charge is 2.30. The van der Waals surface area contributed by atoms with Crippen LogP contribution in [0.3, 0.4) is 0 Å². The first kappa shape index (κ1) is 9.39. The topological polar surface area (TPSA) is 49.0 Å². The minimum atomic E-state index is -0.0402. The van der Waals surface area contributed by atoms with Crippen LogP contribution in [0.2, 0.25) is 0 Å². The molecule has 0 spiro atoms. The number of H-pyrrole nitrogens is 1. The van der Waals surface area contributed by atoms with Crippen LogP contribution in [-0.4, -0.2) is 23.3 Å². The van der Waals surface area contributed by atoms with E-state index in [0.717, 1.165) is 30.1 Å². The van der Waals surface area contributed by atoms with Crippen molar-refractivity contribution in [1.29, 1.82) is 0 Å². The maximum atomic E-state index is 11.1. The molecule has 0 radical (unpaired) electrons. The molecule has 15 heavy (non-hydrogen) atoms. The Morgan fingerprint density at radius 2 is 1.80 bits per heavy atom. The molecule has 2 bridgehead atoms. The second kappa shape index (κ2) is 3.63. The van der Waals surface area contributed by atoms with E-state index in [2.05, 4.69) is 15.1 Å². The predicted octanol–water partition coefficient (Wildman–Crippen LogP) is 1.46. The zero-order chi connectivity index (χ0) is 10.3. The van der Waals surface area contributed by atoms with Crippen molar-refractivity contribution in [2.75, 3.05) is 18.0 Å². The molecule has 5 heteroatoms. The molecule has 4 nitrogen and oxygen atoms in total. The molecular formula is C10H15N3OS. The molecule has 2 saturated heterocycles. The van der Waals surface area contributed by atoms with E-state index in [9.17, 15) is 4.79 Å². The summed E-state index contributed by atoms with van der Waals surface area (Å²) >= 11 is 1.24. The number of nitrogens with one attached hydrogen (secondary N) is 1. The summed E-state index contributed by atoms with van der Waals surface area (Å²) in [5, 5.41) is 7.48. The van der Waals surface area contributed by atoms with E-state index in [1.165, 1.54) is 37.0 Å². The molecule has 0 aromatic carbocycles. The summed E-state index contributed by atoms with van der Waals surface area (Å²) in [6, 6.07) is 0. The van der Waals surface area contributed by atoms with Gasteiger partial charge in [0.25, 0.3) is 0 Å². The summed E-state index contributed by atoms with van der Waals surface area (Å²) in [6.07, 6.45) is 5.45. The van der Waals surface area contributed by atoms with Gasteiger partial charge in [0.15, 0.2) is 0 Å². The van der Waals surface area contributed by atoms with Crippen molar-refractivity contribution in [1.82, 2.24) is 10.2 Å². The molecule has 3 heterocycles. The lowest BCUT2D eigenvalue weighted by Gasteiger charge is -2.20. The van der Waals surface area contributed by atoms with Gasteiger partial charge in [-0.1, -0.05) is 0 Å². The van der Waals surface area contributed by atoms with Gasteiger partial charge < -0.3 is 4.90 Å². The molecule has 1 aromatic heterocycles. The summed E-state index contributed by atoms with van der Waals surface area (Å²) in [5.74, 6) is 1.64. The number of fused-ring (bicyclic) bond motifs is 4. The molecule has 1 aliphatic carbocycles. The van der Waals surface area contributed by atoms with Crippen LogP contribution in [0.15, 0.2) is 4.79 Å². The number of anilines is 1. The lowest BCUT2D eigenvalue weighted by atomic mass is 9.84. The number of nitrogens with zero attached hydrogens (tertiary/aromatic N) is 2. The van der Waals surface area contributed by atoms with E-state index >= 15 is 0 Å². The van der Waals surface area contributed by atoms with E-state index in [-0.39, 0.29) is 4.87 Å². The SMILES string of the molecule is O=c1[nH]nc(N2CC3CCC(CC3)C2)s1. The molecule has 1 N–H and O–H groups in total. The van der Waals surface area contributed by atoms with Crippen LogP contribution in [0.5, 0.6) is 0 Å². The van der Waals surface area contributed by atoms with Gasteiger partial charge in [-0.3, -0.25) is 4.79 Å². The maximum Gasteiger partial charge on any atom is 0.324 e. The second-order valence-corrected chi connectivity index (χ2v) is 5.63. The minimum Gasteiger partial charge on any atom is -0.346 e. The Balaban J connectivity index is 1.84. The van der Waals surface area contributed by atoms with Crippen molar-refractivity contribution in [3.8, 4) is 0 Å². The maximum absolute atomic E-state index is 11.1. The first-order valence-corrected chi connectivity index (χ1v) is 6.43. The molecule has 2 aliphatic heterocycles. The van der Waals surface area contributed by atoms with Crippen LogP contribution in [0.1, 0.15) is 25.7 Å². The third-order valence-corrected chi connectivity index (χ3v) is 4.43. The summed E-state index contributed by atoms with van der Waals surface area (Å²) in [4.78, 5) is 13.3. The van der Waals surface area contributed by atoms with Crippen LogP contribution in [0, 0.1) is 11.8 Å². The Labute approximate surface area is 92.3 Å². The summed E-state index contributed by atoms with van der Waals surface area (Å²) in [5.41, 5.74) is 0. The summed E-state index contributed by atoms with van der Waals surface area (Å²) in [6.45, 7) is 2.19. The van der Waals surface area contributed by atoms with Crippen molar-refractivity contribution in [3.63, 3.8) is 0 Å². The molecule has 82 valence electrons. The lowest BCUT2D eigenvalue weighted by molar-refractivity contribution is 0.326. The van der Waals surface area contributed by atoms with Crippen molar-refractivity contribution in [2.45, 2.75) is 25.7 Å². The van der Waals surface area contributed by atoms with E-state index < -0.39 is 0 Å². The molecule has 1 aromatic rings. The van der Waals surface area contributed by atoms with Crippen molar-refractivity contribution in [3.05, 3.63) is 9.67 Å². The van der Waals surface area contributed by atoms with Gasteiger partial charge in [-0.05, 0) is 48.9 Å². The van der Waals surface area contributed by atoms with Crippen molar-refractivity contribution >= 4 is 16.5 Å². The lowest BCUT2D eigenvalue weighted by Crippen LogP contribution is -2.27. The normalized spacial score (nSPS) is 30.5. The average molecular weight is 225 g/mol. The average Bonchev–Trinajstić information content (AvgIpc) is 2.50. The third kappa shape index (κ3) is 1.80. The molecule has 1 saturated carbocycles. The highest BCUT2D eigenvalue weighted by Crippen LogP contribution is 2.35. The standard InChI is InChI=1S/C10H15N3OS/c14-10-12-11-9(15-10)13-5-7-1-2-8(6-13)4-3-7/h7-8H,1-6H2,(H,12,14). The summed E-state index contributed by atoms with van der Waals surface area (Å²) < 4.78 is 0. The fourth-order valence-corrected chi connectivity index (χ4v) is 3.43. The third-order valence-electron chi connectivity index (χ3n) is 3.62. The predicted molar refractivity (Wildman–Crippen MR) is 60.4 cm³/mol. The van der Waals surface area contributed by atoms with Crippen molar-refractivity contribution in [2.24, 2.45) is 11.8 Å². The van der Waals surface area contributed by atoms with Crippen LogP contribution < -0.4 is 9.77 Å². The van der Waals surface area contributed by atoms with Gasteiger partial charge >= 0.3 is 4.87 Å². The molecule has 0 unspecified atom stereocenters. The van der Waals surface area contributed by atoms with E-state index in [1.807, 2.05) is 0 Å². The van der Waals surface area contributed by atoms with Gasteiger partial charge in [0.2, 0.25) is 5.13 Å². The minimum absolute atomic E-state index is 0.0402. The highest BCUT2D eigenvalue weighted by molar-refractivity contribution is 7.12. The summed E-state index contributed by atoms with van der Waals surface area (Å²) in [7, 11) is 0. The monoisotopic (exact) mass is 225 g/mol. The smallest absolute Gasteiger partial charge is 0.324 e. The Morgan fingerprint density at radius 1 is 1.20 bits per heavy atom. The Kier molecular flexibility index (Phi) is 2.27. The number of rotatable bonds is 1. The molecular weight excluding hydrogens is 210 g/mol. The largest absolute Gasteiger partial charge is 0.346 e. The molecule has 4 rings (SSSR count). The first-order chi connectivity index (χ1) is 7.31. The first-order valence-electron chi connectivity index (χ1n) is 5.62. The van der Waals surface area contributed by atoms with Gasteiger partial charge in [-0.25, -0.2) is 5.10 Å². The van der Waals surface area contributed by atoms with E-state index in [4.69, 9.17) is 0 Å². The Bertz CT molecular complexity index is 377. The Hall–Kier alpha value is -0.840. The van der Waals surface area contributed by atoms with E-state index in [0.29, 0.717) is 0 Å². The van der Waals surface area contributed by atoms with Gasteiger partial charge in [0.05, 0.1) is 0 Å². The van der Waals surface area contributed by atoms with Gasteiger partial charge in [0, 0.05) is 13.1 Å². The van der Waals surface area contributed by atoms with Gasteiger partial charge in [0.1, 0.15) is 0 Å². The number of hydrogen-bond acceptors (Lipinski definition) is 4. The van der Waals surface area contributed by atoms with Crippen LogP contribution in [0.25, 0.3) is 0 Å². The van der Waals surface area contributed by atoms with Crippen LogP contribution in [-0.2, 0) is 0 Å². The quantitative estimate of drug-likeness (QED) is 0.787. The molecule has 3 fully saturated rings. The van der Waals surface area contributed by atoms with E-state index in [1.54, 1.807) is 0 Å². The van der Waals surface area contributed by atoms with Crippen LogP contribution >= 0.6 is 11.3 Å². The fourth-order valence-electron chi connectivity index (χ4n) is 2.81. The molecule has 3 aliphatic rings. The fraction of sp³-hybridized carbons (Fsp3) is 0.800. The number of hydrogen-bond donors (Lipinski definition) is 1. The second-order valence-electron chi connectivity index (χ2n) is 4.69. The van der Waals surface area contributed by atoms with Crippen LogP contribution in [0.4, 0.5) is 5.13 Å². The van der Waals surface area contributed by atoms with Gasteiger partial charge in [-0.2, -0.15) is 0 Å². The Morgan fingerprint density at radius 3 is 2.27 bits per heavy atom. The molecule has 0 amide bonds.